The Hall–Kier alpha value is -0.660. The van der Waals surface area contributed by atoms with Gasteiger partial charge < -0.3 is 10.8 Å². The van der Waals surface area contributed by atoms with Crippen molar-refractivity contribution in [3.05, 3.63) is 21.0 Å². The van der Waals surface area contributed by atoms with Gasteiger partial charge in [-0.3, -0.25) is 0 Å². The summed E-state index contributed by atoms with van der Waals surface area (Å²) in [6.07, 6.45) is 1.37. The molecule has 0 fully saturated rings. The van der Waals surface area contributed by atoms with E-state index in [1.807, 2.05) is 6.92 Å². The summed E-state index contributed by atoms with van der Waals surface area (Å²) in [4.78, 5) is 3.92. The number of nitrogen functional groups attached to an aromatic ring is 1. The lowest BCUT2D eigenvalue weighted by Gasteiger charge is -2.08. The third-order valence-electron chi connectivity index (χ3n) is 2.37. The number of aliphatic hydroxyl groups is 1. The predicted octanol–water partition coefficient (Wildman–Crippen LogP) is 2.28. The summed E-state index contributed by atoms with van der Waals surface area (Å²) in [7, 11) is 0. The number of nitrogens with zero attached hydrogens (tertiary/aromatic N) is 3. The maximum absolute atomic E-state index is 9.94. The Labute approximate surface area is 109 Å². The minimum Gasteiger partial charge on any atom is -0.387 e. The molecule has 16 heavy (non-hydrogen) atoms. The summed E-state index contributed by atoms with van der Waals surface area (Å²) in [5.41, 5.74) is 7.12. The number of hydrogen-bond donors (Lipinski definition) is 2. The van der Waals surface area contributed by atoms with Gasteiger partial charge in [-0.05, 0) is 38.3 Å². The van der Waals surface area contributed by atoms with E-state index in [0.717, 1.165) is 8.95 Å². The van der Waals surface area contributed by atoms with Gasteiger partial charge in [-0.2, -0.15) is 5.10 Å². The van der Waals surface area contributed by atoms with Gasteiger partial charge in [-0.15, -0.1) is 0 Å². The molecule has 3 N–H and O–H groups in total. The Morgan fingerprint density at radius 2 is 2.19 bits per heavy atom. The topological polar surface area (TPSA) is 76.4 Å². The second kappa shape index (κ2) is 4.31. The van der Waals surface area contributed by atoms with Crippen LogP contribution in [-0.4, -0.2) is 19.7 Å². The van der Waals surface area contributed by atoms with E-state index in [1.165, 1.54) is 6.33 Å². The first-order valence-corrected chi connectivity index (χ1v) is 6.30. The molecule has 0 amide bonds. The SMILES string of the molecule is CCC(O)c1c(Br)c(Br)c2c(N)ncnn12. The molecule has 0 aliphatic heterocycles. The molecule has 0 saturated heterocycles. The Kier molecular flexibility index (Phi) is 3.18. The molecule has 0 aliphatic rings. The number of hydrogen-bond acceptors (Lipinski definition) is 4. The number of rotatable bonds is 2. The number of aliphatic hydroxyl groups excluding tert-OH is 1. The van der Waals surface area contributed by atoms with Crippen molar-refractivity contribution in [2.45, 2.75) is 19.4 Å². The van der Waals surface area contributed by atoms with Crippen LogP contribution in [0.4, 0.5) is 5.82 Å². The summed E-state index contributed by atoms with van der Waals surface area (Å²) < 4.78 is 3.12. The van der Waals surface area contributed by atoms with Crippen molar-refractivity contribution in [3.8, 4) is 0 Å². The minimum atomic E-state index is -0.595. The summed E-state index contributed by atoms with van der Waals surface area (Å²) in [6.45, 7) is 1.90. The molecule has 7 heteroatoms. The third-order valence-corrected chi connectivity index (χ3v) is 4.48. The molecule has 0 aliphatic carbocycles. The van der Waals surface area contributed by atoms with Crippen LogP contribution >= 0.6 is 31.9 Å². The zero-order valence-electron chi connectivity index (χ0n) is 8.48. The number of halogens is 2. The molecule has 2 aromatic heterocycles. The number of aromatic nitrogens is 3. The normalized spacial score (nSPS) is 13.2. The Balaban J connectivity index is 2.84. The zero-order valence-corrected chi connectivity index (χ0v) is 11.7. The molecule has 5 nitrogen and oxygen atoms in total. The Bertz CT molecular complexity index is 540. The second-order valence-corrected chi connectivity index (χ2v) is 4.93. The Morgan fingerprint density at radius 3 is 2.81 bits per heavy atom. The highest BCUT2D eigenvalue weighted by Gasteiger charge is 2.22. The van der Waals surface area contributed by atoms with Crippen molar-refractivity contribution in [1.82, 2.24) is 14.6 Å². The number of anilines is 1. The van der Waals surface area contributed by atoms with Crippen molar-refractivity contribution >= 4 is 43.2 Å². The average molecular weight is 350 g/mol. The van der Waals surface area contributed by atoms with E-state index in [1.54, 1.807) is 4.52 Å². The number of nitrogens with two attached hydrogens (primary N) is 1. The molecule has 86 valence electrons. The molecule has 1 unspecified atom stereocenters. The van der Waals surface area contributed by atoms with Crippen molar-refractivity contribution in [2.75, 3.05) is 5.73 Å². The predicted molar refractivity (Wildman–Crippen MR) is 68.1 cm³/mol. The van der Waals surface area contributed by atoms with E-state index in [-0.39, 0.29) is 0 Å². The molecule has 2 rings (SSSR count). The zero-order chi connectivity index (χ0) is 11.9. The molecular weight excluding hydrogens is 340 g/mol. The van der Waals surface area contributed by atoms with Gasteiger partial charge in [0.1, 0.15) is 11.8 Å². The molecule has 0 radical (unpaired) electrons. The smallest absolute Gasteiger partial charge is 0.152 e. The van der Waals surface area contributed by atoms with E-state index >= 15 is 0 Å². The van der Waals surface area contributed by atoms with Gasteiger partial charge in [-0.25, -0.2) is 9.50 Å². The minimum absolute atomic E-state index is 0.372. The van der Waals surface area contributed by atoms with E-state index in [9.17, 15) is 5.11 Å². The highest BCUT2D eigenvalue weighted by molar-refractivity contribution is 9.13. The summed E-state index contributed by atoms with van der Waals surface area (Å²) >= 11 is 6.83. The van der Waals surface area contributed by atoms with Crippen LogP contribution in [-0.2, 0) is 0 Å². The van der Waals surface area contributed by atoms with Crippen LogP contribution in [0.5, 0.6) is 0 Å². The lowest BCUT2D eigenvalue weighted by atomic mass is 10.2. The van der Waals surface area contributed by atoms with Crippen LogP contribution in [0.25, 0.3) is 5.52 Å². The van der Waals surface area contributed by atoms with Crippen LogP contribution in [0.1, 0.15) is 25.1 Å². The third kappa shape index (κ3) is 1.63. The maximum Gasteiger partial charge on any atom is 0.152 e. The second-order valence-electron chi connectivity index (χ2n) is 3.34. The Morgan fingerprint density at radius 1 is 1.50 bits per heavy atom. The van der Waals surface area contributed by atoms with Crippen LogP contribution in [0.15, 0.2) is 15.3 Å². The van der Waals surface area contributed by atoms with Crippen LogP contribution in [0.3, 0.4) is 0 Å². The monoisotopic (exact) mass is 348 g/mol. The first kappa shape index (κ1) is 11.8. The highest BCUT2D eigenvalue weighted by Crippen LogP contribution is 2.38. The molecule has 1 atom stereocenters. The maximum atomic E-state index is 9.94. The van der Waals surface area contributed by atoms with Crippen LogP contribution in [0.2, 0.25) is 0 Å². The van der Waals surface area contributed by atoms with Crippen molar-refractivity contribution in [1.29, 1.82) is 0 Å². The lowest BCUT2D eigenvalue weighted by Crippen LogP contribution is -2.05. The van der Waals surface area contributed by atoms with Crippen LogP contribution < -0.4 is 5.73 Å². The fourth-order valence-corrected chi connectivity index (χ4v) is 2.74. The first-order valence-electron chi connectivity index (χ1n) is 4.72. The van der Waals surface area contributed by atoms with E-state index < -0.39 is 6.10 Å². The van der Waals surface area contributed by atoms with Gasteiger partial charge in [0.15, 0.2) is 5.82 Å². The molecule has 2 heterocycles. The van der Waals surface area contributed by atoms with Gasteiger partial charge in [0.25, 0.3) is 0 Å². The van der Waals surface area contributed by atoms with Gasteiger partial charge in [-0.1, -0.05) is 6.92 Å². The lowest BCUT2D eigenvalue weighted by molar-refractivity contribution is 0.166. The molecule has 0 saturated carbocycles. The van der Waals surface area contributed by atoms with Gasteiger partial charge in [0.2, 0.25) is 0 Å². The van der Waals surface area contributed by atoms with Crippen LogP contribution in [0, 0.1) is 0 Å². The van der Waals surface area contributed by atoms with Gasteiger partial charge >= 0.3 is 0 Å². The summed E-state index contributed by atoms with van der Waals surface area (Å²) in [5.74, 6) is 0.372. The molecule has 0 bridgehead atoms. The standard InChI is InChI=1S/C9H10Br2N4O/c1-2-4(16)7-5(10)6(11)8-9(12)13-3-14-15(7)8/h3-4,16H,2H2,1H3,(H2,12,13,14). The van der Waals surface area contributed by atoms with Crippen molar-refractivity contribution in [3.63, 3.8) is 0 Å². The van der Waals surface area contributed by atoms with Crippen molar-refractivity contribution < 1.29 is 5.11 Å². The van der Waals surface area contributed by atoms with E-state index in [4.69, 9.17) is 5.73 Å². The number of fused-ring (bicyclic) bond motifs is 1. The largest absolute Gasteiger partial charge is 0.387 e. The average Bonchev–Trinajstić information content (AvgIpc) is 2.52. The van der Waals surface area contributed by atoms with E-state index in [2.05, 4.69) is 41.9 Å². The molecular formula is C9H10Br2N4O. The molecule has 2 aromatic rings. The fourth-order valence-electron chi connectivity index (χ4n) is 1.55. The van der Waals surface area contributed by atoms with Crippen molar-refractivity contribution in [2.24, 2.45) is 0 Å². The van der Waals surface area contributed by atoms with Gasteiger partial charge in [0, 0.05) is 0 Å². The fraction of sp³-hybridized carbons (Fsp3) is 0.333. The summed E-state index contributed by atoms with van der Waals surface area (Å²) in [6, 6.07) is 0. The molecule has 0 aromatic carbocycles. The summed E-state index contributed by atoms with van der Waals surface area (Å²) in [5, 5.41) is 14.0. The first-order chi connectivity index (χ1) is 7.57. The quantitative estimate of drug-likeness (QED) is 0.872. The highest BCUT2D eigenvalue weighted by atomic mass is 79.9. The van der Waals surface area contributed by atoms with Gasteiger partial charge in [0.05, 0.1) is 20.7 Å². The van der Waals surface area contributed by atoms with E-state index in [0.29, 0.717) is 23.4 Å². The molecule has 0 spiro atoms.